The molecule has 1 unspecified atom stereocenters. The quantitative estimate of drug-likeness (QED) is 0.912. The number of anilines is 1. The van der Waals surface area contributed by atoms with Crippen LogP contribution >= 0.6 is 0 Å². The number of hydrogen-bond acceptors (Lipinski definition) is 4. The number of nitrogens with one attached hydrogen (secondary N) is 1. The van der Waals surface area contributed by atoms with Crippen molar-refractivity contribution in [1.29, 1.82) is 5.26 Å². The maximum absolute atomic E-state index is 14.3. The molecule has 6 nitrogen and oxygen atoms in total. The Morgan fingerprint density at radius 2 is 2.08 bits per heavy atom. The lowest BCUT2D eigenvalue weighted by atomic mass is 9.96. The number of nitrogens with zero attached hydrogens (tertiary/aromatic N) is 2. The molecule has 126 valence electrons. The van der Waals surface area contributed by atoms with E-state index in [0.717, 1.165) is 17.0 Å². The third-order valence-corrected chi connectivity index (χ3v) is 4.23. The van der Waals surface area contributed by atoms with Crippen LogP contribution in [-0.4, -0.2) is 31.2 Å². The molecule has 2 amide bonds. The van der Waals surface area contributed by atoms with E-state index in [-0.39, 0.29) is 30.2 Å². The highest BCUT2D eigenvalue weighted by atomic mass is 19.1. The van der Waals surface area contributed by atoms with E-state index in [1.54, 1.807) is 0 Å². The number of ether oxygens (including phenoxy) is 1. The summed E-state index contributed by atoms with van der Waals surface area (Å²) in [5.41, 5.74) is -1.31. The van der Waals surface area contributed by atoms with Crippen molar-refractivity contribution in [2.24, 2.45) is 0 Å². The first-order valence-corrected chi connectivity index (χ1v) is 7.49. The van der Waals surface area contributed by atoms with Gasteiger partial charge in [-0.3, -0.25) is 9.69 Å². The maximum atomic E-state index is 14.3. The van der Waals surface area contributed by atoms with E-state index >= 15 is 0 Å². The molecule has 2 fully saturated rings. The van der Waals surface area contributed by atoms with Gasteiger partial charge in [0.1, 0.15) is 17.7 Å². The molecular weight excluding hydrogens is 320 g/mol. The average molecular weight is 335 g/mol. The second-order valence-electron chi connectivity index (χ2n) is 6.03. The molecule has 1 heterocycles. The van der Waals surface area contributed by atoms with Crippen molar-refractivity contribution in [2.75, 3.05) is 18.0 Å². The highest BCUT2D eigenvalue weighted by Crippen LogP contribution is 2.50. The number of carbonyl (C=O) groups excluding carboxylic acids is 2. The molecule has 1 aliphatic heterocycles. The third-order valence-electron chi connectivity index (χ3n) is 4.23. The van der Waals surface area contributed by atoms with Gasteiger partial charge in [0, 0.05) is 12.5 Å². The lowest BCUT2D eigenvalue weighted by Gasteiger charge is -2.16. The number of hydrogen-bond donors (Lipinski definition) is 1. The van der Waals surface area contributed by atoms with Gasteiger partial charge in [0.25, 0.3) is 0 Å². The number of amides is 2. The van der Waals surface area contributed by atoms with Crippen LogP contribution < -0.4 is 10.2 Å². The molecule has 2 aliphatic rings. The molecule has 1 N–H and O–H groups in total. The van der Waals surface area contributed by atoms with Gasteiger partial charge < -0.3 is 10.1 Å². The molecule has 1 saturated heterocycles. The van der Waals surface area contributed by atoms with Crippen LogP contribution in [0.25, 0.3) is 0 Å². The summed E-state index contributed by atoms with van der Waals surface area (Å²) >= 11 is 0. The van der Waals surface area contributed by atoms with E-state index in [4.69, 9.17) is 10.00 Å². The number of rotatable bonds is 4. The molecule has 0 aromatic heterocycles. The molecular formula is C16H15F2N3O3. The average Bonchev–Trinajstić information content (AvgIpc) is 3.20. The van der Waals surface area contributed by atoms with Gasteiger partial charge in [0.05, 0.1) is 30.3 Å². The van der Waals surface area contributed by atoms with Crippen LogP contribution in [0.5, 0.6) is 0 Å². The van der Waals surface area contributed by atoms with Gasteiger partial charge in [-0.25, -0.2) is 13.6 Å². The minimum absolute atomic E-state index is 0.0258. The van der Waals surface area contributed by atoms with Gasteiger partial charge in [-0.15, -0.1) is 0 Å². The summed E-state index contributed by atoms with van der Waals surface area (Å²) in [6.07, 6.45) is -0.498. The minimum atomic E-state index is -1.09. The van der Waals surface area contributed by atoms with Crippen LogP contribution in [-0.2, 0) is 14.9 Å². The number of carbonyl (C=O) groups is 2. The molecule has 24 heavy (non-hydrogen) atoms. The molecule has 1 atom stereocenters. The van der Waals surface area contributed by atoms with Gasteiger partial charge in [0.15, 0.2) is 0 Å². The summed E-state index contributed by atoms with van der Waals surface area (Å²) in [6.45, 7) is 1.53. The van der Waals surface area contributed by atoms with Gasteiger partial charge in [-0.1, -0.05) is 0 Å². The first-order valence-electron chi connectivity index (χ1n) is 7.49. The van der Waals surface area contributed by atoms with Crippen LogP contribution in [0.2, 0.25) is 0 Å². The van der Waals surface area contributed by atoms with Crippen LogP contribution in [0.3, 0.4) is 0 Å². The fraction of sp³-hybridized carbons (Fsp3) is 0.438. The third kappa shape index (κ3) is 2.77. The zero-order valence-corrected chi connectivity index (χ0v) is 12.9. The van der Waals surface area contributed by atoms with Crippen molar-refractivity contribution in [1.82, 2.24) is 5.32 Å². The Hall–Kier alpha value is -2.69. The molecule has 0 bridgehead atoms. The van der Waals surface area contributed by atoms with Crippen molar-refractivity contribution in [3.63, 3.8) is 0 Å². The summed E-state index contributed by atoms with van der Waals surface area (Å²) in [6, 6.07) is 4.04. The number of halogens is 2. The second-order valence-corrected chi connectivity index (χ2v) is 6.03. The molecule has 1 aromatic rings. The Labute approximate surface area is 137 Å². The molecule has 0 spiro atoms. The predicted octanol–water partition coefficient (Wildman–Crippen LogP) is 1.98. The first kappa shape index (κ1) is 16.2. The topological polar surface area (TPSA) is 82.4 Å². The van der Waals surface area contributed by atoms with Crippen LogP contribution in [0, 0.1) is 23.0 Å². The van der Waals surface area contributed by atoms with Gasteiger partial charge in [-0.05, 0) is 25.0 Å². The zero-order valence-electron chi connectivity index (χ0n) is 12.9. The predicted molar refractivity (Wildman–Crippen MR) is 79.2 cm³/mol. The fourth-order valence-electron chi connectivity index (χ4n) is 2.81. The Kier molecular flexibility index (Phi) is 3.87. The van der Waals surface area contributed by atoms with Gasteiger partial charge in [0.2, 0.25) is 5.91 Å². The number of nitriles is 1. The molecule has 0 radical (unpaired) electrons. The maximum Gasteiger partial charge on any atom is 0.414 e. The summed E-state index contributed by atoms with van der Waals surface area (Å²) in [5, 5.41) is 11.6. The molecule has 3 rings (SSSR count). The monoisotopic (exact) mass is 335 g/mol. The van der Waals surface area contributed by atoms with Crippen LogP contribution in [0.15, 0.2) is 12.1 Å². The van der Waals surface area contributed by atoms with Crippen molar-refractivity contribution in [3.05, 3.63) is 29.3 Å². The number of benzene rings is 1. The van der Waals surface area contributed by atoms with Crippen LogP contribution in [0.1, 0.15) is 25.3 Å². The largest absolute Gasteiger partial charge is 0.442 e. The fourth-order valence-corrected chi connectivity index (χ4v) is 2.81. The Morgan fingerprint density at radius 3 is 2.58 bits per heavy atom. The molecule has 1 aromatic carbocycles. The van der Waals surface area contributed by atoms with Crippen molar-refractivity contribution in [2.45, 2.75) is 31.3 Å². The highest BCUT2D eigenvalue weighted by molar-refractivity contribution is 5.90. The zero-order chi connectivity index (χ0) is 17.5. The molecule has 1 saturated carbocycles. The summed E-state index contributed by atoms with van der Waals surface area (Å²) in [4.78, 5) is 23.9. The highest BCUT2D eigenvalue weighted by Gasteiger charge is 2.49. The Balaban J connectivity index is 1.82. The lowest BCUT2D eigenvalue weighted by molar-refractivity contribution is -0.119. The van der Waals surface area contributed by atoms with E-state index in [9.17, 15) is 18.4 Å². The van der Waals surface area contributed by atoms with Crippen LogP contribution in [0.4, 0.5) is 19.3 Å². The minimum Gasteiger partial charge on any atom is -0.442 e. The van der Waals surface area contributed by atoms with Gasteiger partial charge in [-0.2, -0.15) is 5.26 Å². The van der Waals surface area contributed by atoms with Crippen molar-refractivity contribution >= 4 is 17.7 Å². The standard InChI is InChI=1S/C16H15F2N3O3/c1-9(22)20-6-11-7-21(15(23)24-11)10-4-12(17)14(13(18)5-10)16(8-19)2-3-16/h4-5,11H,2-3,6-7H2,1H3,(H,20,22). The van der Waals surface area contributed by atoms with E-state index in [2.05, 4.69) is 5.32 Å². The number of cyclic esters (lactones) is 1. The van der Waals surface area contributed by atoms with Crippen molar-refractivity contribution in [3.8, 4) is 6.07 Å². The SMILES string of the molecule is CC(=O)NCC1CN(c2cc(F)c(C3(C#N)CC3)c(F)c2)C(=O)O1. The Bertz CT molecular complexity index is 732. The van der Waals surface area contributed by atoms with E-state index in [1.807, 2.05) is 6.07 Å². The molecule has 1 aliphatic carbocycles. The van der Waals surface area contributed by atoms with E-state index in [0.29, 0.717) is 12.8 Å². The van der Waals surface area contributed by atoms with Gasteiger partial charge >= 0.3 is 6.09 Å². The lowest BCUT2D eigenvalue weighted by Crippen LogP contribution is -2.33. The smallest absolute Gasteiger partial charge is 0.414 e. The normalized spacial score (nSPS) is 21.2. The Morgan fingerprint density at radius 1 is 1.46 bits per heavy atom. The summed E-state index contributed by atoms with van der Waals surface area (Å²) in [7, 11) is 0. The molecule has 8 heteroatoms. The summed E-state index contributed by atoms with van der Waals surface area (Å²) in [5.74, 6) is -1.96. The summed E-state index contributed by atoms with van der Waals surface area (Å²) < 4.78 is 33.7. The first-order chi connectivity index (χ1) is 11.4. The van der Waals surface area contributed by atoms with E-state index in [1.165, 1.54) is 6.92 Å². The van der Waals surface area contributed by atoms with Crippen molar-refractivity contribution < 1.29 is 23.1 Å². The second kappa shape index (κ2) is 5.74. The van der Waals surface area contributed by atoms with E-state index < -0.39 is 29.2 Å².